The first-order valence-electron chi connectivity index (χ1n) is 6.39. The van der Waals surface area contributed by atoms with Crippen LogP contribution in [0.4, 0.5) is 4.39 Å². The molecule has 2 atom stereocenters. The Hall–Kier alpha value is -2.02. The van der Waals surface area contributed by atoms with Crippen LogP contribution >= 0.6 is 12.2 Å². The van der Waals surface area contributed by atoms with E-state index in [2.05, 4.69) is 17.1 Å². The van der Waals surface area contributed by atoms with E-state index in [1.807, 2.05) is 0 Å². The zero-order valence-corrected chi connectivity index (χ0v) is 11.4. The van der Waals surface area contributed by atoms with Gasteiger partial charge in [0, 0.05) is 6.04 Å². The summed E-state index contributed by atoms with van der Waals surface area (Å²) in [6.45, 7) is 2.07. The molecule has 0 unspecified atom stereocenters. The molecule has 0 aliphatic heterocycles. The van der Waals surface area contributed by atoms with Crippen LogP contribution in [0.2, 0.25) is 0 Å². The summed E-state index contributed by atoms with van der Waals surface area (Å²) in [5.74, 6) is 0.487. The molecule has 5 nitrogen and oxygen atoms in total. The Bertz CT molecular complexity index is 970. The van der Waals surface area contributed by atoms with Crippen LogP contribution in [0.5, 0.6) is 0 Å². The van der Waals surface area contributed by atoms with E-state index in [9.17, 15) is 9.18 Å². The summed E-state index contributed by atoms with van der Waals surface area (Å²) in [6.07, 6.45) is 0.927. The topological polar surface area (TPSA) is 55.1 Å². The Balaban J connectivity index is 2.28. The maximum atomic E-state index is 13.5. The van der Waals surface area contributed by atoms with Gasteiger partial charge in [-0.15, -0.1) is 5.10 Å². The average Bonchev–Trinajstić information content (AvgIpc) is 3.00. The first-order chi connectivity index (χ1) is 9.58. The van der Waals surface area contributed by atoms with Gasteiger partial charge in [0.25, 0.3) is 5.56 Å². The van der Waals surface area contributed by atoms with E-state index in [0.717, 1.165) is 6.42 Å². The van der Waals surface area contributed by atoms with Crippen molar-refractivity contribution in [2.45, 2.75) is 19.4 Å². The van der Waals surface area contributed by atoms with Gasteiger partial charge in [0.2, 0.25) is 10.5 Å². The number of nitrogens with zero attached hydrogens (tertiary/aromatic N) is 3. The highest BCUT2D eigenvalue weighted by Crippen LogP contribution is 2.42. The molecule has 20 heavy (non-hydrogen) atoms. The molecule has 0 spiro atoms. The van der Waals surface area contributed by atoms with Gasteiger partial charge in [0.05, 0.1) is 10.9 Å². The third-order valence-electron chi connectivity index (χ3n) is 3.92. The monoisotopic (exact) mass is 290 g/mol. The van der Waals surface area contributed by atoms with E-state index >= 15 is 0 Å². The molecule has 102 valence electrons. The molecule has 1 aromatic carbocycles. The zero-order chi connectivity index (χ0) is 14.0. The van der Waals surface area contributed by atoms with E-state index in [-0.39, 0.29) is 11.6 Å². The lowest BCUT2D eigenvalue weighted by Crippen LogP contribution is -2.23. The van der Waals surface area contributed by atoms with Gasteiger partial charge in [-0.3, -0.25) is 13.8 Å². The van der Waals surface area contributed by atoms with Gasteiger partial charge in [-0.2, -0.15) is 0 Å². The maximum Gasteiger partial charge on any atom is 0.263 e. The summed E-state index contributed by atoms with van der Waals surface area (Å²) in [5, 5.41) is 7.20. The lowest BCUT2D eigenvalue weighted by molar-refractivity contribution is 0.627. The fourth-order valence-electron chi connectivity index (χ4n) is 2.72. The molecule has 2 heterocycles. The average molecular weight is 290 g/mol. The molecule has 3 aromatic rings. The van der Waals surface area contributed by atoms with Gasteiger partial charge in [-0.1, -0.05) is 6.92 Å². The Morgan fingerprint density at radius 2 is 2.25 bits per heavy atom. The van der Waals surface area contributed by atoms with Crippen molar-refractivity contribution in [1.29, 1.82) is 0 Å². The van der Waals surface area contributed by atoms with Gasteiger partial charge in [0.1, 0.15) is 5.82 Å². The molecule has 4 rings (SSSR count). The number of aromatic nitrogens is 4. The predicted octanol–water partition coefficient (Wildman–Crippen LogP) is 2.43. The van der Waals surface area contributed by atoms with Gasteiger partial charge >= 0.3 is 0 Å². The molecule has 2 aromatic heterocycles. The Morgan fingerprint density at radius 1 is 1.50 bits per heavy atom. The van der Waals surface area contributed by atoms with Crippen molar-refractivity contribution in [3.05, 3.63) is 39.1 Å². The number of aromatic amines is 1. The molecule has 1 aliphatic carbocycles. The second-order valence-electron chi connectivity index (χ2n) is 5.28. The van der Waals surface area contributed by atoms with Crippen molar-refractivity contribution >= 4 is 28.9 Å². The van der Waals surface area contributed by atoms with Gasteiger partial charge in [-0.05, 0) is 42.8 Å². The van der Waals surface area contributed by atoms with Crippen molar-refractivity contribution < 1.29 is 4.39 Å². The third kappa shape index (κ3) is 1.44. The summed E-state index contributed by atoms with van der Waals surface area (Å²) < 4.78 is 17.2. The first-order valence-corrected chi connectivity index (χ1v) is 6.79. The smallest absolute Gasteiger partial charge is 0.263 e. The van der Waals surface area contributed by atoms with Crippen molar-refractivity contribution in [3.63, 3.8) is 0 Å². The number of halogens is 1. The zero-order valence-electron chi connectivity index (χ0n) is 10.6. The summed E-state index contributed by atoms with van der Waals surface area (Å²) in [6, 6.07) is 4.25. The Kier molecular flexibility index (Phi) is 2.21. The van der Waals surface area contributed by atoms with E-state index in [4.69, 9.17) is 12.2 Å². The molecule has 1 saturated carbocycles. The number of nitrogens with one attached hydrogen (secondary N) is 1. The molecule has 1 N–H and O–H groups in total. The highest BCUT2D eigenvalue weighted by Gasteiger charge is 2.37. The molecule has 0 radical (unpaired) electrons. The summed E-state index contributed by atoms with van der Waals surface area (Å²) in [5.41, 5.74) is 0.366. The van der Waals surface area contributed by atoms with Crippen LogP contribution < -0.4 is 5.56 Å². The molecule has 0 bridgehead atoms. The molecule has 1 aliphatic rings. The minimum Gasteiger partial charge on any atom is -0.273 e. The third-order valence-corrected chi connectivity index (χ3v) is 4.19. The molecule has 1 fully saturated rings. The van der Waals surface area contributed by atoms with Crippen LogP contribution in [-0.2, 0) is 0 Å². The van der Waals surface area contributed by atoms with Crippen molar-refractivity contribution in [3.8, 4) is 0 Å². The highest BCUT2D eigenvalue weighted by molar-refractivity contribution is 7.71. The minimum absolute atomic E-state index is 0.114. The van der Waals surface area contributed by atoms with Gasteiger partial charge in [0.15, 0.2) is 0 Å². The standard InChI is InChI=1S/C13H11FN4OS/c1-6-4-10(6)17-11(19)8-5-7(14)2-3-9(8)18-12(17)15-16-13(18)20/h2-3,5-6,10H,4H2,1H3,(H,16,20)/t6-,10-/m1/s1. The summed E-state index contributed by atoms with van der Waals surface area (Å²) >= 11 is 5.22. The SMILES string of the molecule is C[C@@H]1C[C@H]1n1c(=O)c2cc(F)ccc2n2c(=S)[nH]nc12. The fraction of sp³-hybridized carbons (Fsp3) is 0.308. The number of rotatable bonds is 1. The number of hydrogen-bond acceptors (Lipinski definition) is 3. The highest BCUT2D eigenvalue weighted by atomic mass is 32.1. The first kappa shape index (κ1) is 11.8. The lowest BCUT2D eigenvalue weighted by atomic mass is 10.2. The lowest BCUT2D eigenvalue weighted by Gasteiger charge is -2.09. The number of fused-ring (bicyclic) bond motifs is 3. The maximum absolute atomic E-state index is 13.5. The van der Waals surface area contributed by atoms with Crippen LogP contribution in [0.25, 0.3) is 16.7 Å². The van der Waals surface area contributed by atoms with Crippen molar-refractivity contribution in [2.75, 3.05) is 0 Å². The van der Waals surface area contributed by atoms with Gasteiger partial charge < -0.3 is 0 Å². The molecule has 7 heteroatoms. The molecule has 0 saturated heterocycles. The van der Waals surface area contributed by atoms with Gasteiger partial charge in [-0.25, -0.2) is 9.49 Å². The summed E-state index contributed by atoms with van der Waals surface area (Å²) in [4.78, 5) is 12.6. The van der Waals surface area contributed by atoms with Crippen molar-refractivity contribution in [2.24, 2.45) is 5.92 Å². The predicted molar refractivity (Wildman–Crippen MR) is 74.9 cm³/mol. The summed E-state index contributed by atoms with van der Waals surface area (Å²) in [7, 11) is 0. The molecular weight excluding hydrogens is 279 g/mol. The van der Waals surface area contributed by atoms with Crippen LogP contribution in [0.15, 0.2) is 23.0 Å². The van der Waals surface area contributed by atoms with E-state index in [1.54, 1.807) is 15.0 Å². The minimum atomic E-state index is -0.431. The van der Waals surface area contributed by atoms with Crippen LogP contribution in [-0.4, -0.2) is 19.2 Å². The van der Waals surface area contributed by atoms with Crippen LogP contribution in [0.3, 0.4) is 0 Å². The second-order valence-corrected chi connectivity index (χ2v) is 5.67. The second kappa shape index (κ2) is 3.76. The van der Waals surface area contributed by atoms with E-state index in [0.29, 0.717) is 27.4 Å². The van der Waals surface area contributed by atoms with Crippen molar-refractivity contribution in [1.82, 2.24) is 19.2 Å². The van der Waals surface area contributed by atoms with Crippen LogP contribution in [0.1, 0.15) is 19.4 Å². The molecular formula is C13H11FN4OS. The number of benzene rings is 1. The Labute approximate surface area is 117 Å². The normalized spacial score (nSPS) is 21.7. The van der Waals surface area contributed by atoms with E-state index in [1.165, 1.54) is 12.1 Å². The van der Waals surface area contributed by atoms with Crippen LogP contribution in [0, 0.1) is 16.5 Å². The molecule has 0 amide bonds. The number of H-pyrrole nitrogens is 1. The quantitative estimate of drug-likeness (QED) is 0.700. The number of hydrogen-bond donors (Lipinski definition) is 1. The Morgan fingerprint density at radius 3 is 2.95 bits per heavy atom. The fourth-order valence-corrected chi connectivity index (χ4v) is 2.95. The largest absolute Gasteiger partial charge is 0.273 e. The van der Waals surface area contributed by atoms with E-state index < -0.39 is 5.82 Å².